The molecule has 2 aromatic carbocycles. The Morgan fingerprint density at radius 3 is 2.62 bits per heavy atom. The largest absolute Gasteiger partial charge is 0.483 e. The van der Waals surface area contributed by atoms with Crippen molar-refractivity contribution in [1.82, 2.24) is 0 Å². The highest BCUT2D eigenvalue weighted by atomic mass is 79.9. The maximum absolute atomic E-state index is 12.5. The fourth-order valence-corrected chi connectivity index (χ4v) is 2.65. The summed E-state index contributed by atoms with van der Waals surface area (Å²) < 4.78 is 12.0. The van der Waals surface area contributed by atoms with Gasteiger partial charge in [0.15, 0.2) is 12.4 Å². The molecule has 1 aliphatic rings. The number of hydrogen-bond donors (Lipinski definition) is 1. The molecule has 0 saturated heterocycles. The van der Waals surface area contributed by atoms with Gasteiger partial charge in [-0.05, 0) is 42.8 Å². The van der Waals surface area contributed by atoms with E-state index in [-0.39, 0.29) is 18.1 Å². The zero-order chi connectivity index (χ0) is 17.3. The van der Waals surface area contributed by atoms with Crippen LogP contribution in [0.25, 0.3) is 6.08 Å². The van der Waals surface area contributed by atoms with Gasteiger partial charge in [0.05, 0.1) is 5.56 Å². The van der Waals surface area contributed by atoms with Crippen LogP contribution in [0.5, 0.6) is 11.5 Å². The van der Waals surface area contributed by atoms with Crippen LogP contribution in [0.1, 0.15) is 21.5 Å². The molecule has 1 aliphatic heterocycles. The van der Waals surface area contributed by atoms with E-state index >= 15 is 0 Å². The number of amides is 1. The Kier molecular flexibility index (Phi) is 4.40. The quantitative estimate of drug-likeness (QED) is 0.816. The zero-order valence-corrected chi connectivity index (χ0v) is 14.4. The Morgan fingerprint density at radius 2 is 1.96 bits per heavy atom. The van der Waals surface area contributed by atoms with Crippen LogP contribution in [-0.2, 0) is 4.79 Å². The molecule has 3 rings (SSSR count). The maximum Gasteiger partial charge on any atom is 0.255 e. The van der Waals surface area contributed by atoms with Crippen molar-refractivity contribution in [3.8, 4) is 11.5 Å². The molecule has 5 nitrogen and oxygen atoms in total. The Hall–Kier alpha value is -2.60. The number of halogens is 1. The van der Waals surface area contributed by atoms with Crippen molar-refractivity contribution in [3.05, 3.63) is 63.3 Å². The number of allylic oxidation sites excluding steroid dienone is 1. The lowest BCUT2D eigenvalue weighted by molar-refractivity contribution is -0.119. The summed E-state index contributed by atoms with van der Waals surface area (Å²) in [5, 5.41) is 0. The molecular weight excluding hydrogens is 374 g/mol. The number of benzene rings is 2. The highest BCUT2D eigenvalue weighted by molar-refractivity contribution is 9.10. The van der Waals surface area contributed by atoms with Gasteiger partial charge in [0.1, 0.15) is 11.5 Å². The Bertz CT molecular complexity index is 856. The fourth-order valence-electron chi connectivity index (χ4n) is 2.38. The predicted octanol–water partition coefficient (Wildman–Crippen LogP) is 3.24. The first-order valence-corrected chi connectivity index (χ1v) is 7.99. The lowest BCUT2D eigenvalue weighted by atomic mass is 10.1. The summed E-state index contributed by atoms with van der Waals surface area (Å²) in [7, 11) is 0. The van der Waals surface area contributed by atoms with Crippen LogP contribution in [-0.4, -0.2) is 18.3 Å². The number of fused-ring (bicyclic) bond motifs is 1. The molecule has 0 spiro atoms. The molecular formula is C18H14BrNO4. The number of carbonyl (C=O) groups excluding carboxylic acids is 2. The van der Waals surface area contributed by atoms with Crippen molar-refractivity contribution >= 4 is 33.7 Å². The van der Waals surface area contributed by atoms with Gasteiger partial charge in [0.25, 0.3) is 5.91 Å². The van der Waals surface area contributed by atoms with Crippen LogP contribution in [0, 0.1) is 6.92 Å². The SMILES string of the molecule is Cc1c(OCC(N)=O)ccc2c1O/C(=C\c1ccc(Br)cc1)C2=O. The maximum atomic E-state index is 12.5. The normalized spacial score (nSPS) is 14.4. The van der Waals surface area contributed by atoms with Crippen LogP contribution >= 0.6 is 15.9 Å². The molecule has 122 valence electrons. The summed E-state index contributed by atoms with van der Waals surface area (Å²) in [6.07, 6.45) is 1.69. The van der Waals surface area contributed by atoms with Crippen molar-refractivity contribution in [2.75, 3.05) is 6.61 Å². The van der Waals surface area contributed by atoms with Gasteiger partial charge in [0, 0.05) is 10.0 Å². The molecule has 0 fully saturated rings. The van der Waals surface area contributed by atoms with E-state index in [1.165, 1.54) is 0 Å². The molecule has 2 aromatic rings. The number of nitrogens with two attached hydrogens (primary N) is 1. The first-order chi connectivity index (χ1) is 11.5. The summed E-state index contributed by atoms with van der Waals surface area (Å²) in [5.41, 5.74) is 7.07. The number of ether oxygens (including phenoxy) is 2. The van der Waals surface area contributed by atoms with Crippen LogP contribution in [0.3, 0.4) is 0 Å². The molecule has 0 atom stereocenters. The molecule has 0 aromatic heterocycles. The zero-order valence-electron chi connectivity index (χ0n) is 12.8. The average molecular weight is 388 g/mol. The second-order valence-electron chi connectivity index (χ2n) is 5.31. The highest BCUT2D eigenvalue weighted by Crippen LogP contribution is 2.39. The minimum Gasteiger partial charge on any atom is -0.483 e. The number of ketones is 1. The molecule has 1 heterocycles. The number of primary amides is 1. The van der Waals surface area contributed by atoms with E-state index < -0.39 is 5.91 Å². The summed E-state index contributed by atoms with van der Waals surface area (Å²) >= 11 is 3.37. The van der Waals surface area contributed by atoms with E-state index in [1.807, 2.05) is 24.3 Å². The average Bonchev–Trinajstić information content (AvgIpc) is 2.86. The van der Waals surface area contributed by atoms with E-state index in [0.29, 0.717) is 22.6 Å². The van der Waals surface area contributed by atoms with Crippen molar-refractivity contribution in [1.29, 1.82) is 0 Å². The van der Waals surface area contributed by atoms with Gasteiger partial charge in [0.2, 0.25) is 5.78 Å². The standard InChI is InChI=1S/C18H14BrNO4/c1-10-14(23-9-16(20)21)7-6-13-17(22)15(24-18(10)13)8-11-2-4-12(19)5-3-11/h2-8H,9H2,1H3,(H2,20,21)/b15-8-. The number of Topliss-reactive ketones (excluding diaryl/α,β-unsaturated/α-hetero) is 1. The van der Waals surface area contributed by atoms with E-state index in [0.717, 1.165) is 10.0 Å². The van der Waals surface area contributed by atoms with Crippen molar-refractivity contribution in [3.63, 3.8) is 0 Å². The second kappa shape index (κ2) is 6.49. The van der Waals surface area contributed by atoms with E-state index in [4.69, 9.17) is 15.2 Å². The molecule has 0 bridgehead atoms. The minimum absolute atomic E-state index is 0.183. The van der Waals surface area contributed by atoms with Crippen LogP contribution in [0.4, 0.5) is 0 Å². The third kappa shape index (κ3) is 3.19. The third-order valence-corrected chi connectivity index (χ3v) is 4.10. The molecule has 2 N–H and O–H groups in total. The molecule has 0 saturated carbocycles. The first-order valence-electron chi connectivity index (χ1n) is 7.20. The molecule has 0 unspecified atom stereocenters. The first kappa shape index (κ1) is 16.3. The summed E-state index contributed by atoms with van der Waals surface area (Å²) in [4.78, 5) is 23.3. The Balaban J connectivity index is 1.90. The highest BCUT2D eigenvalue weighted by Gasteiger charge is 2.30. The minimum atomic E-state index is -0.567. The lowest BCUT2D eigenvalue weighted by Crippen LogP contribution is -2.20. The molecule has 6 heteroatoms. The molecule has 1 amide bonds. The van der Waals surface area contributed by atoms with E-state index in [1.54, 1.807) is 25.1 Å². The van der Waals surface area contributed by atoms with Gasteiger partial charge in [-0.1, -0.05) is 28.1 Å². The van der Waals surface area contributed by atoms with Crippen molar-refractivity contribution < 1.29 is 19.1 Å². The number of hydrogen-bond acceptors (Lipinski definition) is 4. The van der Waals surface area contributed by atoms with Crippen molar-refractivity contribution in [2.24, 2.45) is 5.73 Å². The third-order valence-electron chi connectivity index (χ3n) is 3.57. The van der Waals surface area contributed by atoms with Gasteiger partial charge >= 0.3 is 0 Å². The summed E-state index contributed by atoms with van der Waals surface area (Å²) in [5.74, 6) is 0.415. The van der Waals surface area contributed by atoms with Gasteiger partial charge < -0.3 is 15.2 Å². The van der Waals surface area contributed by atoms with Gasteiger partial charge in [-0.2, -0.15) is 0 Å². The van der Waals surface area contributed by atoms with Crippen LogP contribution in [0.2, 0.25) is 0 Å². The van der Waals surface area contributed by atoms with Gasteiger partial charge in [-0.25, -0.2) is 0 Å². The van der Waals surface area contributed by atoms with Crippen LogP contribution < -0.4 is 15.2 Å². The number of rotatable bonds is 4. The van der Waals surface area contributed by atoms with E-state index in [9.17, 15) is 9.59 Å². The Morgan fingerprint density at radius 1 is 1.25 bits per heavy atom. The monoisotopic (exact) mass is 387 g/mol. The topological polar surface area (TPSA) is 78.6 Å². The van der Waals surface area contributed by atoms with Crippen molar-refractivity contribution in [2.45, 2.75) is 6.92 Å². The van der Waals surface area contributed by atoms with Gasteiger partial charge in [-0.15, -0.1) is 0 Å². The predicted molar refractivity (Wildman–Crippen MR) is 92.9 cm³/mol. The van der Waals surface area contributed by atoms with E-state index in [2.05, 4.69) is 15.9 Å². The second-order valence-corrected chi connectivity index (χ2v) is 6.23. The smallest absolute Gasteiger partial charge is 0.255 e. The molecule has 0 radical (unpaired) electrons. The summed E-state index contributed by atoms with van der Waals surface area (Å²) in [6.45, 7) is 1.54. The number of carbonyl (C=O) groups is 2. The van der Waals surface area contributed by atoms with Crippen LogP contribution in [0.15, 0.2) is 46.6 Å². The Labute approximate surface area is 147 Å². The summed E-state index contributed by atoms with van der Waals surface area (Å²) in [6, 6.07) is 10.8. The fraction of sp³-hybridized carbons (Fsp3) is 0.111. The lowest BCUT2D eigenvalue weighted by Gasteiger charge is -2.09. The molecule has 0 aliphatic carbocycles. The molecule has 24 heavy (non-hydrogen) atoms. The van der Waals surface area contributed by atoms with Gasteiger partial charge in [-0.3, -0.25) is 9.59 Å².